The highest BCUT2D eigenvalue weighted by atomic mass is 79.9. The molecule has 4 saturated carbocycles. The summed E-state index contributed by atoms with van der Waals surface area (Å²) in [6, 6.07) is 0.263. The highest BCUT2D eigenvalue weighted by Gasteiger charge is 2.48. The maximum atomic E-state index is 12.9. The molecule has 5 rings (SSSR count). The molecule has 4 aliphatic carbocycles. The second-order valence-electron chi connectivity index (χ2n) is 7.77. The van der Waals surface area contributed by atoms with Gasteiger partial charge in [0.25, 0.3) is 6.43 Å². The van der Waals surface area contributed by atoms with Gasteiger partial charge in [-0.2, -0.15) is 5.10 Å². The van der Waals surface area contributed by atoms with Gasteiger partial charge in [-0.25, -0.2) is 8.78 Å². The van der Waals surface area contributed by atoms with E-state index in [1.54, 1.807) is 6.92 Å². The summed E-state index contributed by atoms with van der Waals surface area (Å²) in [7, 11) is 0. The fraction of sp³-hybridized carbons (Fsp3) is 0.765. The lowest BCUT2D eigenvalue weighted by atomic mass is 9.54. The van der Waals surface area contributed by atoms with Crippen molar-refractivity contribution in [3.63, 3.8) is 0 Å². The molecule has 24 heavy (non-hydrogen) atoms. The number of carbonyl (C=O) groups is 1. The number of aromatic nitrogens is 2. The molecule has 0 spiro atoms. The highest BCUT2D eigenvalue weighted by Crippen LogP contribution is 2.53. The number of nitrogens with one attached hydrogen (secondary N) is 1. The quantitative estimate of drug-likeness (QED) is 0.832. The monoisotopic (exact) mass is 401 g/mol. The van der Waals surface area contributed by atoms with Gasteiger partial charge in [0, 0.05) is 6.04 Å². The minimum absolute atomic E-state index is 0.0000491. The zero-order valence-electron chi connectivity index (χ0n) is 13.6. The normalized spacial score (nSPS) is 34.1. The van der Waals surface area contributed by atoms with E-state index >= 15 is 0 Å². The van der Waals surface area contributed by atoms with Crippen LogP contribution in [0.5, 0.6) is 0 Å². The first kappa shape index (κ1) is 16.5. The molecule has 0 unspecified atom stereocenters. The summed E-state index contributed by atoms with van der Waals surface area (Å²) in [5.41, 5.74) is 0.264. The predicted molar refractivity (Wildman–Crippen MR) is 88.6 cm³/mol. The standard InChI is InChI=1S/C17H22BrF2N3O/c1-8-14(18)16(17(19)20)22-23(8)7-13(24)21-15-11-3-9-2-10(5-11)6-12(15)4-9/h9-12,15,17H,2-7H2,1H3,(H,21,24). The summed E-state index contributed by atoms with van der Waals surface area (Å²) in [5.74, 6) is 2.81. The fourth-order valence-corrected chi connectivity index (χ4v) is 5.83. The third-order valence-corrected chi connectivity index (χ3v) is 7.19. The second-order valence-corrected chi connectivity index (χ2v) is 8.56. The van der Waals surface area contributed by atoms with Crippen LogP contribution in [0.15, 0.2) is 4.47 Å². The lowest BCUT2D eigenvalue weighted by molar-refractivity contribution is -0.125. The van der Waals surface area contributed by atoms with Gasteiger partial charge in [0.05, 0.1) is 10.2 Å². The average molecular weight is 402 g/mol. The number of halogens is 3. The van der Waals surface area contributed by atoms with Crippen molar-refractivity contribution in [3.05, 3.63) is 15.9 Å². The molecule has 1 heterocycles. The van der Waals surface area contributed by atoms with Gasteiger partial charge in [-0.15, -0.1) is 0 Å². The van der Waals surface area contributed by atoms with Crippen LogP contribution in [-0.2, 0) is 11.3 Å². The van der Waals surface area contributed by atoms with E-state index < -0.39 is 6.43 Å². The number of hydrogen-bond donors (Lipinski definition) is 1. The largest absolute Gasteiger partial charge is 0.351 e. The minimum atomic E-state index is -2.65. The maximum absolute atomic E-state index is 12.9. The number of rotatable bonds is 4. The SMILES string of the molecule is Cc1c(Br)c(C(F)F)nn1CC(=O)NC1C2CC3CC(C2)CC1C3. The van der Waals surface area contributed by atoms with Crippen LogP contribution in [-0.4, -0.2) is 21.7 Å². The molecule has 4 bridgehead atoms. The van der Waals surface area contributed by atoms with Crippen molar-refractivity contribution in [2.45, 2.75) is 58.0 Å². The molecule has 4 nitrogen and oxygen atoms in total. The molecule has 0 aliphatic heterocycles. The Balaban J connectivity index is 1.43. The molecule has 1 N–H and O–H groups in total. The first-order valence-corrected chi connectivity index (χ1v) is 9.52. The Morgan fingerprint density at radius 3 is 2.33 bits per heavy atom. The Morgan fingerprint density at radius 1 is 1.25 bits per heavy atom. The van der Waals surface area contributed by atoms with Crippen LogP contribution >= 0.6 is 15.9 Å². The first-order valence-electron chi connectivity index (χ1n) is 8.72. The van der Waals surface area contributed by atoms with Crippen molar-refractivity contribution in [2.75, 3.05) is 0 Å². The topological polar surface area (TPSA) is 46.9 Å². The van der Waals surface area contributed by atoms with Crippen LogP contribution < -0.4 is 5.32 Å². The van der Waals surface area contributed by atoms with E-state index in [0.717, 1.165) is 11.8 Å². The first-order chi connectivity index (χ1) is 11.4. The van der Waals surface area contributed by atoms with Crippen LogP contribution in [0.4, 0.5) is 8.78 Å². The van der Waals surface area contributed by atoms with Gasteiger partial charge in [-0.3, -0.25) is 9.48 Å². The highest BCUT2D eigenvalue weighted by molar-refractivity contribution is 9.10. The lowest BCUT2D eigenvalue weighted by Gasteiger charge is -2.54. The molecule has 0 radical (unpaired) electrons. The molecular formula is C17H22BrF2N3O. The zero-order chi connectivity index (χ0) is 17.0. The van der Waals surface area contributed by atoms with Crippen molar-refractivity contribution < 1.29 is 13.6 Å². The summed E-state index contributed by atoms with van der Waals surface area (Å²) < 4.78 is 27.5. The number of carbonyl (C=O) groups excluding carboxylic acids is 1. The molecule has 1 aromatic heterocycles. The van der Waals surface area contributed by atoms with Crippen LogP contribution in [0.25, 0.3) is 0 Å². The fourth-order valence-electron chi connectivity index (χ4n) is 5.37. The Labute approximate surface area is 148 Å². The maximum Gasteiger partial charge on any atom is 0.283 e. The Morgan fingerprint density at radius 2 is 1.83 bits per heavy atom. The third kappa shape index (κ3) is 2.78. The number of alkyl halides is 2. The molecule has 132 valence electrons. The van der Waals surface area contributed by atoms with Gasteiger partial charge in [-0.1, -0.05) is 0 Å². The lowest BCUT2D eigenvalue weighted by Crippen LogP contribution is -2.56. The molecular weight excluding hydrogens is 380 g/mol. The van der Waals surface area contributed by atoms with Crippen LogP contribution in [0.1, 0.15) is 49.9 Å². The zero-order valence-corrected chi connectivity index (χ0v) is 15.2. The Bertz CT molecular complexity index is 633. The summed E-state index contributed by atoms with van der Waals surface area (Å²) in [6.45, 7) is 1.69. The predicted octanol–water partition coefficient (Wildman–Crippen LogP) is 3.83. The molecule has 1 amide bonds. The van der Waals surface area contributed by atoms with Crippen molar-refractivity contribution in [2.24, 2.45) is 23.7 Å². The molecule has 0 saturated heterocycles. The van der Waals surface area contributed by atoms with Crippen LogP contribution in [0, 0.1) is 30.6 Å². The molecule has 0 atom stereocenters. The van der Waals surface area contributed by atoms with Crippen LogP contribution in [0.3, 0.4) is 0 Å². The van der Waals surface area contributed by atoms with E-state index in [2.05, 4.69) is 26.3 Å². The van der Waals surface area contributed by atoms with Crippen molar-refractivity contribution in [3.8, 4) is 0 Å². The Hall–Kier alpha value is -0.980. The van der Waals surface area contributed by atoms with E-state index in [1.807, 2.05) is 0 Å². The van der Waals surface area contributed by atoms with E-state index in [9.17, 15) is 13.6 Å². The van der Waals surface area contributed by atoms with E-state index in [0.29, 0.717) is 22.0 Å². The minimum Gasteiger partial charge on any atom is -0.351 e. The van der Waals surface area contributed by atoms with E-state index in [4.69, 9.17) is 0 Å². The molecule has 1 aromatic rings. The molecule has 7 heteroatoms. The van der Waals surface area contributed by atoms with Gasteiger partial charge in [0.2, 0.25) is 5.91 Å². The number of nitrogens with zero attached hydrogens (tertiary/aromatic N) is 2. The average Bonchev–Trinajstić information content (AvgIpc) is 2.79. The van der Waals surface area contributed by atoms with E-state index in [-0.39, 0.29) is 24.2 Å². The van der Waals surface area contributed by atoms with Crippen molar-refractivity contribution in [1.82, 2.24) is 15.1 Å². The molecule has 4 fully saturated rings. The van der Waals surface area contributed by atoms with Gasteiger partial charge >= 0.3 is 0 Å². The molecule has 4 aliphatic rings. The van der Waals surface area contributed by atoms with Gasteiger partial charge in [0.15, 0.2) is 0 Å². The van der Waals surface area contributed by atoms with Gasteiger partial charge < -0.3 is 5.32 Å². The second kappa shape index (κ2) is 6.07. The number of amides is 1. The van der Waals surface area contributed by atoms with Crippen molar-refractivity contribution >= 4 is 21.8 Å². The summed E-state index contributed by atoms with van der Waals surface area (Å²) in [5, 5.41) is 7.09. The number of hydrogen-bond acceptors (Lipinski definition) is 2. The summed E-state index contributed by atoms with van der Waals surface area (Å²) in [6.07, 6.45) is 3.68. The van der Waals surface area contributed by atoms with Gasteiger partial charge in [0.1, 0.15) is 12.2 Å². The van der Waals surface area contributed by atoms with Crippen molar-refractivity contribution in [1.29, 1.82) is 0 Å². The summed E-state index contributed by atoms with van der Waals surface area (Å²) >= 11 is 3.15. The van der Waals surface area contributed by atoms with Gasteiger partial charge in [-0.05, 0) is 78.6 Å². The summed E-state index contributed by atoms with van der Waals surface area (Å²) in [4.78, 5) is 12.5. The Kier molecular flexibility index (Phi) is 4.17. The smallest absolute Gasteiger partial charge is 0.283 e. The third-order valence-electron chi connectivity index (χ3n) is 6.21. The van der Waals surface area contributed by atoms with E-state index in [1.165, 1.54) is 36.8 Å². The molecule has 0 aromatic carbocycles. The van der Waals surface area contributed by atoms with Crippen LogP contribution in [0.2, 0.25) is 0 Å².